The Balaban J connectivity index is 2.77. The number of allylic oxidation sites excluding steroid dienone is 1. The Kier molecular flexibility index (Phi) is 5.51. The first-order valence-electron chi connectivity index (χ1n) is 5.48. The van der Waals surface area contributed by atoms with Crippen LogP contribution in [-0.2, 0) is 11.3 Å². The van der Waals surface area contributed by atoms with Crippen LogP contribution in [0, 0.1) is 22.7 Å². The van der Waals surface area contributed by atoms with E-state index in [9.17, 15) is 0 Å². The van der Waals surface area contributed by atoms with E-state index in [2.05, 4.69) is 6.92 Å². The molecule has 0 radical (unpaired) electrons. The molecule has 1 rings (SSSR count). The molecule has 3 nitrogen and oxygen atoms in total. The van der Waals surface area contributed by atoms with Gasteiger partial charge >= 0.3 is 0 Å². The highest BCUT2D eigenvalue weighted by molar-refractivity contribution is 5.62. The molecule has 0 N–H and O–H groups in total. The van der Waals surface area contributed by atoms with Crippen LogP contribution in [0.3, 0.4) is 0 Å². The summed E-state index contributed by atoms with van der Waals surface area (Å²) in [4.78, 5) is 0. The number of hydrogen-bond acceptors (Lipinski definition) is 3. The summed E-state index contributed by atoms with van der Waals surface area (Å²) in [6.45, 7) is 3.36. The van der Waals surface area contributed by atoms with Crippen molar-refractivity contribution in [2.45, 2.75) is 20.0 Å². The predicted molar refractivity (Wildman–Crippen MR) is 65.6 cm³/mol. The van der Waals surface area contributed by atoms with Crippen LogP contribution < -0.4 is 0 Å². The minimum Gasteiger partial charge on any atom is -0.377 e. The lowest BCUT2D eigenvalue weighted by molar-refractivity contribution is 0.121. The van der Waals surface area contributed by atoms with Crippen LogP contribution in [0.4, 0.5) is 0 Å². The smallest absolute Gasteiger partial charge is 0.130 e. The molecule has 0 heterocycles. The molecule has 0 atom stereocenters. The molecular weight excluding hydrogens is 212 g/mol. The quantitative estimate of drug-likeness (QED) is 0.572. The largest absolute Gasteiger partial charge is 0.377 e. The monoisotopic (exact) mass is 226 g/mol. The van der Waals surface area contributed by atoms with Crippen LogP contribution in [0.25, 0.3) is 6.08 Å². The highest BCUT2D eigenvalue weighted by atomic mass is 16.5. The van der Waals surface area contributed by atoms with Gasteiger partial charge in [-0.3, -0.25) is 0 Å². The van der Waals surface area contributed by atoms with E-state index in [-0.39, 0.29) is 5.57 Å². The lowest BCUT2D eigenvalue weighted by Crippen LogP contribution is -1.94. The molecule has 0 bridgehead atoms. The molecule has 1 aromatic rings. The van der Waals surface area contributed by atoms with Crippen molar-refractivity contribution in [1.82, 2.24) is 0 Å². The predicted octanol–water partition coefficient (Wildman–Crippen LogP) is 3.04. The van der Waals surface area contributed by atoms with Crippen LogP contribution >= 0.6 is 0 Å². The van der Waals surface area contributed by atoms with Crippen molar-refractivity contribution in [2.24, 2.45) is 0 Å². The molecule has 0 aliphatic rings. The second-order valence-electron chi connectivity index (χ2n) is 3.58. The number of nitriles is 2. The number of nitrogens with zero attached hydrogens (tertiary/aromatic N) is 2. The lowest BCUT2D eigenvalue weighted by atomic mass is 10.1. The summed E-state index contributed by atoms with van der Waals surface area (Å²) in [7, 11) is 0. The molecule has 0 saturated heterocycles. The summed E-state index contributed by atoms with van der Waals surface area (Å²) in [6.07, 6.45) is 2.57. The maximum atomic E-state index is 8.66. The molecular formula is C14H14N2O. The third kappa shape index (κ3) is 4.51. The summed E-state index contributed by atoms with van der Waals surface area (Å²) >= 11 is 0. The standard InChI is InChI=1S/C14H14N2O/c1-2-6-17-11-13-5-3-4-12(7-13)8-14(9-15)10-16/h3-5,7-8H,2,6,11H2,1H3. The summed E-state index contributed by atoms with van der Waals surface area (Å²) < 4.78 is 5.43. The zero-order valence-electron chi connectivity index (χ0n) is 9.81. The van der Waals surface area contributed by atoms with Crippen molar-refractivity contribution in [3.8, 4) is 12.1 Å². The normalized spacial score (nSPS) is 9.12. The topological polar surface area (TPSA) is 56.8 Å². The second-order valence-corrected chi connectivity index (χ2v) is 3.58. The van der Waals surface area contributed by atoms with E-state index in [0.29, 0.717) is 6.61 Å². The highest BCUT2D eigenvalue weighted by Crippen LogP contribution is 2.10. The average molecular weight is 226 g/mol. The Bertz CT molecular complexity index is 462. The highest BCUT2D eigenvalue weighted by Gasteiger charge is 1.97. The van der Waals surface area contributed by atoms with E-state index in [4.69, 9.17) is 15.3 Å². The minimum atomic E-state index is 0.108. The molecule has 0 saturated carbocycles. The van der Waals surface area contributed by atoms with E-state index in [1.807, 2.05) is 36.4 Å². The summed E-state index contributed by atoms with van der Waals surface area (Å²) in [6, 6.07) is 11.3. The van der Waals surface area contributed by atoms with Crippen molar-refractivity contribution < 1.29 is 4.74 Å². The fourth-order valence-corrected chi connectivity index (χ4v) is 1.36. The van der Waals surface area contributed by atoms with Gasteiger partial charge in [-0.25, -0.2) is 0 Å². The fraction of sp³-hybridized carbons (Fsp3) is 0.286. The molecule has 0 fully saturated rings. The summed E-state index contributed by atoms with van der Waals surface area (Å²) in [5, 5.41) is 17.3. The van der Waals surface area contributed by atoms with Crippen LogP contribution in [0.15, 0.2) is 29.8 Å². The molecule has 0 aromatic heterocycles. The van der Waals surface area contributed by atoms with Gasteiger partial charge in [-0.2, -0.15) is 10.5 Å². The van der Waals surface area contributed by atoms with Gasteiger partial charge in [0.1, 0.15) is 17.7 Å². The summed E-state index contributed by atoms with van der Waals surface area (Å²) in [5.41, 5.74) is 2.00. The Morgan fingerprint density at radius 3 is 2.76 bits per heavy atom. The first-order valence-corrected chi connectivity index (χ1v) is 5.48. The molecule has 1 aromatic carbocycles. The Labute approximate surface area is 102 Å². The lowest BCUT2D eigenvalue weighted by Gasteiger charge is -2.03. The van der Waals surface area contributed by atoms with Gasteiger partial charge in [-0.05, 0) is 29.7 Å². The zero-order valence-corrected chi connectivity index (χ0v) is 9.81. The van der Waals surface area contributed by atoms with E-state index in [1.165, 1.54) is 0 Å². The number of ether oxygens (including phenoxy) is 1. The fourth-order valence-electron chi connectivity index (χ4n) is 1.36. The van der Waals surface area contributed by atoms with Crippen LogP contribution in [0.2, 0.25) is 0 Å². The number of benzene rings is 1. The number of hydrogen-bond donors (Lipinski definition) is 0. The zero-order chi connectivity index (χ0) is 12.5. The van der Waals surface area contributed by atoms with Crippen molar-refractivity contribution in [1.29, 1.82) is 10.5 Å². The molecule has 0 amide bonds. The second kappa shape index (κ2) is 7.22. The maximum absolute atomic E-state index is 8.66. The van der Waals surface area contributed by atoms with E-state index >= 15 is 0 Å². The van der Waals surface area contributed by atoms with Gasteiger partial charge in [0.15, 0.2) is 0 Å². The Morgan fingerprint density at radius 2 is 2.12 bits per heavy atom. The van der Waals surface area contributed by atoms with Gasteiger partial charge < -0.3 is 4.74 Å². The molecule has 0 unspecified atom stereocenters. The van der Waals surface area contributed by atoms with Crippen molar-refractivity contribution in [3.63, 3.8) is 0 Å². The van der Waals surface area contributed by atoms with Gasteiger partial charge in [0.25, 0.3) is 0 Å². The Morgan fingerprint density at radius 1 is 1.35 bits per heavy atom. The van der Waals surface area contributed by atoms with Crippen molar-refractivity contribution >= 4 is 6.08 Å². The van der Waals surface area contributed by atoms with Gasteiger partial charge in [0.05, 0.1) is 6.61 Å². The van der Waals surface area contributed by atoms with Gasteiger partial charge in [0.2, 0.25) is 0 Å². The molecule has 17 heavy (non-hydrogen) atoms. The van der Waals surface area contributed by atoms with Crippen LogP contribution in [0.1, 0.15) is 24.5 Å². The van der Waals surface area contributed by atoms with Gasteiger partial charge in [0, 0.05) is 6.61 Å². The summed E-state index contributed by atoms with van der Waals surface area (Å²) in [5.74, 6) is 0. The average Bonchev–Trinajstić information content (AvgIpc) is 2.37. The number of rotatable bonds is 5. The maximum Gasteiger partial charge on any atom is 0.130 e. The van der Waals surface area contributed by atoms with E-state index in [1.54, 1.807) is 6.08 Å². The molecule has 3 heteroatoms. The van der Waals surface area contributed by atoms with E-state index < -0.39 is 0 Å². The first kappa shape index (κ1) is 13.0. The molecule has 0 spiro atoms. The van der Waals surface area contributed by atoms with Crippen LogP contribution in [-0.4, -0.2) is 6.61 Å². The van der Waals surface area contributed by atoms with Gasteiger partial charge in [-0.1, -0.05) is 25.1 Å². The molecule has 86 valence electrons. The third-order valence-electron chi connectivity index (χ3n) is 2.12. The Hall–Kier alpha value is -2.10. The van der Waals surface area contributed by atoms with Crippen molar-refractivity contribution in [3.05, 3.63) is 41.0 Å². The minimum absolute atomic E-state index is 0.108. The SMILES string of the molecule is CCCOCc1cccc(C=C(C#N)C#N)c1. The van der Waals surface area contributed by atoms with Crippen molar-refractivity contribution in [2.75, 3.05) is 6.61 Å². The van der Waals surface area contributed by atoms with Crippen LogP contribution in [0.5, 0.6) is 0 Å². The molecule has 0 aliphatic carbocycles. The molecule has 0 aliphatic heterocycles. The first-order chi connectivity index (χ1) is 8.30. The van der Waals surface area contributed by atoms with Gasteiger partial charge in [-0.15, -0.1) is 0 Å². The van der Waals surface area contributed by atoms with E-state index in [0.717, 1.165) is 24.2 Å². The third-order valence-corrected chi connectivity index (χ3v) is 2.12.